The molecule has 3 rings (SSSR count). The van der Waals surface area contributed by atoms with Crippen LogP contribution in [-0.2, 0) is 19.6 Å². The zero-order valence-electron chi connectivity index (χ0n) is 16.1. The van der Waals surface area contributed by atoms with Gasteiger partial charge < -0.3 is 15.4 Å². The molecule has 0 saturated carbocycles. The van der Waals surface area contributed by atoms with Gasteiger partial charge in [0.15, 0.2) is 5.96 Å². The Hall–Kier alpha value is -2.55. The number of methoxy groups -OCH3 is 1. The highest BCUT2D eigenvalue weighted by molar-refractivity contribution is 14.0. The molecule has 0 spiro atoms. The third kappa shape index (κ3) is 6.56. The molecular weight excluding hydrogens is 465 g/mol. The number of nitrogens with zero attached hydrogens (tertiary/aromatic N) is 3. The van der Waals surface area contributed by atoms with E-state index in [4.69, 9.17) is 4.74 Å². The Morgan fingerprint density at radius 3 is 2.32 bits per heavy atom. The van der Waals surface area contributed by atoms with Crippen molar-refractivity contribution in [1.29, 1.82) is 0 Å². The van der Waals surface area contributed by atoms with Crippen molar-refractivity contribution in [3.05, 3.63) is 83.7 Å². The van der Waals surface area contributed by atoms with E-state index >= 15 is 0 Å². The van der Waals surface area contributed by atoms with Crippen molar-refractivity contribution >= 4 is 29.9 Å². The Labute approximate surface area is 183 Å². The molecule has 2 aromatic carbocycles. The number of aromatic nitrogens is 2. The normalized spacial score (nSPS) is 10.9. The molecule has 0 radical (unpaired) electrons. The van der Waals surface area contributed by atoms with Crippen LogP contribution in [0.2, 0.25) is 0 Å². The first-order valence-corrected chi connectivity index (χ1v) is 8.89. The summed E-state index contributed by atoms with van der Waals surface area (Å²) in [5.41, 5.74) is 3.56. The average molecular weight is 491 g/mol. The SMILES string of the molecule is CN=C(NCc1cccc(Cn2cccn2)c1)NCc1cccc(OC)c1.I. The Kier molecular flexibility index (Phi) is 8.80. The van der Waals surface area contributed by atoms with Gasteiger partial charge in [0.05, 0.1) is 13.7 Å². The summed E-state index contributed by atoms with van der Waals surface area (Å²) < 4.78 is 7.18. The van der Waals surface area contributed by atoms with Gasteiger partial charge in [0, 0.05) is 32.5 Å². The summed E-state index contributed by atoms with van der Waals surface area (Å²) in [5.74, 6) is 1.61. The van der Waals surface area contributed by atoms with Crippen LogP contribution in [0.15, 0.2) is 72.0 Å². The smallest absolute Gasteiger partial charge is 0.191 e. The number of hydrogen-bond acceptors (Lipinski definition) is 3. The Bertz CT molecular complexity index is 880. The van der Waals surface area contributed by atoms with Crippen molar-refractivity contribution in [2.75, 3.05) is 14.2 Å². The number of hydrogen-bond donors (Lipinski definition) is 2. The van der Waals surface area contributed by atoms with E-state index in [0.717, 1.165) is 23.8 Å². The van der Waals surface area contributed by atoms with Gasteiger partial charge in [-0.2, -0.15) is 5.10 Å². The lowest BCUT2D eigenvalue weighted by molar-refractivity contribution is 0.414. The minimum atomic E-state index is 0. The monoisotopic (exact) mass is 491 g/mol. The van der Waals surface area contributed by atoms with Crippen LogP contribution in [0.3, 0.4) is 0 Å². The van der Waals surface area contributed by atoms with E-state index in [1.807, 2.05) is 35.1 Å². The topological polar surface area (TPSA) is 63.5 Å². The molecule has 0 saturated heterocycles. The number of rotatable bonds is 7. The first kappa shape index (κ1) is 21.7. The highest BCUT2D eigenvalue weighted by atomic mass is 127. The second-order valence-electron chi connectivity index (χ2n) is 6.15. The van der Waals surface area contributed by atoms with E-state index in [1.165, 1.54) is 11.1 Å². The quantitative estimate of drug-likeness (QED) is 0.302. The number of aliphatic imine (C=N–C) groups is 1. The van der Waals surface area contributed by atoms with E-state index < -0.39 is 0 Å². The van der Waals surface area contributed by atoms with Gasteiger partial charge in [-0.1, -0.05) is 36.4 Å². The maximum atomic E-state index is 5.26. The number of guanidine groups is 1. The van der Waals surface area contributed by atoms with Crippen molar-refractivity contribution in [2.45, 2.75) is 19.6 Å². The largest absolute Gasteiger partial charge is 0.497 e. The second-order valence-corrected chi connectivity index (χ2v) is 6.15. The standard InChI is InChI=1S/C21H25N5O.HI/c1-22-21(24-15-18-7-4-9-20(13-18)27-2)23-14-17-6-3-8-19(12-17)16-26-11-5-10-25-26;/h3-13H,14-16H2,1-2H3,(H2,22,23,24);1H. The Balaban J connectivity index is 0.00000280. The van der Waals surface area contributed by atoms with Gasteiger partial charge in [-0.25, -0.2) is 0 Å². The first-order chi connectivity index (χ1) is 13.3. The van der Waals surface area contributed by atoms with Crippen LogP contribution in [0.4, 0.5) is 0 Å². The number of benzene rings is 2. The molecule has 3 aromatic rings. The van der Waals surface area contributed by atoms with Crippen molar-refractivity contribution in [3.63, 3.8) is 0 Å². The zero-order chi connectivity index (χ0) is 18.9. The van der Waals surface area contributed by atoms with Crippen molar-refractivity contribution in [1.82, 2.24) is 20.4 Å². The molecular formula is C21H26IN5O. The fraction of sp³-hybridized carbons (Fsp3) is 0.238. The number of nitrogens with one attached hydrogen (secondary N) is 2. The summed E-state index contributed by atoms with van der Waals surface area (Å²) in [6, 6.07) is 18.4. The van der Waals surface area contributed by atoms with Gasteiger partial charge in [-0.15, -0.1) is 24.0 Å². The van der Waals surface area contributed by atoms with Gasteiger partial charge in [0.2, 0.25) is 0 Å². The van der Waals surface area contributed by atoms with E-state index in [-0.39, 0.29) is 24.0 Å². The molecule has 0 fully saturated rings. The van der Waals surface area contributed by atoms with Crippen LogP contribution < -0.4 is 15.4 Å². The van der Waals surface area contributed by atoms with Gasteiger partial charge in [-0.05, 0) is 34.9 Å². The highest BCUT2D eigenvalue weighted by Crippen LogP contribution is 2.12. The lowest BCUT2D eigenvalue weighted by Crippen LogP contribution is -2.36. The molecule has 0 atom stereocenters. The van der Waals surface area contributed by atoms with E-state index in [2.05, 4.69) is 51.1 Å². The van der Waals surface area contributed by atoms with Crippen LogP contribution in [0.1, 0.15) is 16.7 Å². The second kappa shape index (κ2) is 11.3. The number of halogens is 1. The Morgan fingerprint density at radius 2 is 1.68 bits per heavy atom. The van der Waals surface area contributed by atoms with Gasteiger partial charge in [0.1, 0.15) is 5.75 Å². The minimum Gasteiger partial charge on any atom is -0.497 e. The van der Waals surface area contributed by atoms with Crippen molar-refractivity contribution in [2.24, 2.45) is 4.99 Å². The third-order valence-corrected chi connectivity index (χ3v) is 4.17. The summed E-state index contributed by atoms with van der Waals surface area (Å²) >= 11 is 0. The lowest BCUT2D eigenvalue weighted by Gasteiger charge is -2.13. The number of ether oxygens (including phenoxy) is 1. The van der Waals surface area contributed by atoms with Gasteiger partial charge in [-0.3, -0.25) is 9.67 Å². The van der Waals surface area contributed by atoms with E-state index in [1.54, 1.807) is 20.4 Å². The molecule has 148 valence electrons. The molecule has 6 nitrogen and oxygen atoms in total. The average Bonchev–Trinajstić information content (AvgIpc) is 3.21. The summed E-state index contributed by atoms with van der Waals surface area (Å²) in [6.07, 6.45) is 3.76. The minimum absolute atomic E-state index is 0. The fourth-order valence-electron chi connectivity index (χ4n) is 2.79. The first-order valence-electron chi connectivity index (χ1n) is 8.89. The molecule has 7 heteroatoms. The summed E-state index contributed by atoms with van der Waals surface area (Å²) in [5, 5.41) is 10.9. The van der Waals surface area contributed by atoms with Crippen molar-refractivity contribution in [3.8, 4) is 5.75 Å². The maximum absolute atomic E-state index is 5.26. The molecule has 0 amide bonds. The summed E-state index contributed by atoms with van der Waals surface area (Å²) in [4.78, 5) is 4.29. The molecule has 0 aliphatic rings. The third-order valence-electron chi connectivity index (χ3n) is 4.17. The lowest BCUT2D eigenvalue weighted by atomic mass is 10.1. The molecule has 0 aliphatic heterocycles. The van der Waals surface area contributed by atoms with Crippen LogP contribution in [0.25, 0.3) is 0 Å². The van der Waals surface area contributed by atoms with E-state index in [0.29, 0.717) is 13.1 Å². The van der Waals surface area contributed by atoms with Crippen molar-refractivity contribution < 1.29 is 4.74 Å². The van der Waals surface area contributed by atoms with Gasteiger partial charge in [0.25, 0.3) is 0 Å². The molecule has 1 heterocycles. The molecule has 1 aromatic heterocycles. The predicted octanol–water partition coefficient (Wildman–Crippen LogP) is 3.42. The zero-order valence-corrected chi connectivity index (χ0v) is 18.5. The van der Waals surface area contributed by atoms with Crippen LogP contribution in [0, 0.1) is 0 Å². The van der Waals surface area contributed by atoms with E-state index in [9.17, 15) is 0 Å². The molecule has 0 aliphatic carbocycles. The van der Waals surface area contributed by atoms with Crippen LogP contribution in [-0.4, -0.2) is 29.9 Å². The predicted molar refractivity (Wildman–Crippen MR) is 123 cm³/mol. The molecule has 28 heavy (non-hydrogen) atoms. The van der Waals surface area contributed by atoms with Crippen LogP contribution in [0.5, 0.6) is 5.75 Å². The molecule has 2 N–H and O–H groups in total. The fourth-order valence-corrected chi connectivity index (χ4v) is 2.79. The van der Waals surface area contributed by atoms with Gasteiger partial charge >= 0.3 is 0 Å². The molecule has 0 bridgehead atoms. The van der Waals surface area contributed by atoms with Crippen LogP contribution >= 0.6 is 24.0 Å². The maximum Gasteiger partial charge on any atom is 0.191 e. The Morgan fingerprint density at radius 1 is 1.00 bits per heavy atom. The highest BCUT2D eigenvalue weighted by Gasteiger charge is 2.02. The summed E-state index contributed by atoms with van der Waals surface area (Å²) in [7, 11) is 3.45. The molecule has 0 unspecified atom stereocenters. The summed E-state index contributed by atoms with van der Waals surface area (Å²) in [6.45, 7) is 2.14.